The first-order valence-electron chi connectivity index (χ1n) is 8.48. The zero-order chi connectivity index (χ0) is 15.9. The van der Waals surface area contributed by atoms with Gasteiger partial charge in [0.15, 0.2) is 0 Å². The van der Waals surface area contributed by atoms with Gasteiger partial charge in [-0.25, -0.2) is 0 Å². The zero-order valence-electron chi connectivity index (χ0n) is 14.8. The van der Waals surface area contributed by atoms with E-state index in [1.165, 1.54) is 43.3 Å². The Morgan fingerprint density at radius 3 is 2.33 bits per heavy atom. The fourth-order valence-electron chi connectivity index (χ4n) is 3.39. The third-order valence-corrected chi connectivity index (χ3v) is 4.89. The molecule has 0 unspecified atom stereocenters. The highest BCUT2D eigenvalue weighted by Gasteiger charge is 2.27. The van der Waals surface area contributed by atoms with E-state index in [9.17, 15) is 0 Å². The molecule has 0 atom stereocenters. The number of hydrogen-bond donors (Lipinski definition) is 1. The Bertz CT molecular complexity index is 421. The van der Waals surface area contributed by atoms with E-state index in [1.54, 1.807) is 11.1 Å². The van der Waals surface area contributed by atoms with Gasteiger partial charge in [-0.3, -0.25) is 0 Å². The van der Waals surface area contributed by atoms with Crippen molar-refractivity contribution in [3.63, 3.8) is 0 Å². The van der Waals surface area contributed by atoms with E-state index in [4.69, 9.17) is 5.11 Å². The third-order valence-electron chi connectivity index (χ3n) is 4.89. The van der Waals surface area contributed by atoms with Gasteiger partial charge in [0.2, 0.25) is 0 Å². The molecule has 0 aromatic carbocycles. The van der Waals surface area contributed by atoms with Crippen LogP contribution < -0.4 is 0 Å². The topological polar surface area (TPSA) is 20.2 Å². The second-order valence-electron chi connectivity index (χ2n) is 7.31. The monoisotopic (exact) mass is 290 g/mol. The fraction of sp³-hybridized carbons (Fsp3) is 0.700. The van der Waals surface area contributed by atoms with Crippen LogP contribution in [-0.2, 0) is 0 Å². The average molecular weight is 290 g/mol. The van der Waals surface area contributed by atoms with Crippen molar-refractivity contribution < 1.29 is 5.11 Å². The minimum absolute atomic E-state index is 0.257. The van der Waals surface area contributed by atoms with Gasteiger partial charge < -0.3 is 5.11 Å². The quantitative estimate of drug-likeness (QED) is 0.574. The minimum Gasteiger partial charge on any atom is -0.396 e. The van der Waals surface area contributed by atoms with Gasteiger partial charge in [-0.15, -0.1) is 0 Å². The summed E-state index contributed by atoms with van der Waals surface area (Å²) in [5, 5.41) is 8.89. The molecule has 0 aromatic heterocycles. The summed E-state index contributed by atoms with van der Waals surface area (Å²) in [5.74, 6) is 0. The van der Waals surface area contributed by atoms with Gasteiger partial charge in [-0.2, -0.15) is 0 Å². The van der Waals surface area contributed by atoms with Crippen molar-refractivity contribution in [2.75, 3.05) is 6.61 Å². The third kappa shape index (κ3) is 6.22. The van der Waals surface area contributed by atoms with Gasteiger partial charge in [-0.05, 0) is 71.1 Å². The van der Waals surface area contributed by atoms with Crippen LogP contribution in [0.1, 0.15) is 79.6 Å². The maximum absolute atomic E-state index is 8.89. The van der Waals surface area contributed by atoms with Crippen LogP contribution in [0.25, 0.3) is 0 Å². The average Bonchev–Trinajstić information content (AvgIpc) is 2.37. The molecule has 120 valence electrons. The SMILES string of the molecule is CC1=C(CC/C(C)=C/C/C=C(\C)CCO)C(C)(C)CCC1. The minimum atomic E-state index is 0.257. The first-order chi connectivity index (χ1) is 9.86. The first-order valence-corrected chi connectivity index (χ1v) is 8.48. The van der Waals surface area contributed by atoms with Crippen molar-refractivity contribution >= 4 is 0 Å². The van der Waals surface area contributed by atoms with Gasteiger partial charge >= 0.3 is 0 Å². The fourth-order valence-corrected chi connectivity index (χ4v) is 3.39. The van der Waals surface area contributed by atoms with Crippen LogP contribution in [0.4, 0.5) is 0 Å². The molecule has 0 bridgehead atoms. The molecular weight excluding hydrogens is 256 g/mol. The molecule has 0 radical (unpaired) electrons. The van der Waals surface area contributed by atoms with E-state index in [0.29, 0.717) is 5.41 Å². The summed E-state index contributed by atoms with van der Waals surface area (Å²) < 4.78 is 0. The Labute approximate surface area is 131 Å². The lowest BCUT2D eigenvalue weighted by atomic mass is 9.71. The lowest BCUT2D eigenvalue weighted by Crippen LogP contribution is -2.20. The van der Waals surface area contributed by atoms with Crippen molar-refractivity contribution in [1.82, 2.24) is 0 Å². The zero-order valence-corrected chi connectivity index (χ0v) is 14.8. The summed E-state index contributed by atoms with van der Waals surface area (Å²) in [5.41, 5.74) is 6.52. The highest BCUT2D eigenvalue weighted by Crippen LogP contribution is 2.42. The lowest BCUT2D eigenvalue weighted by molar-refractivity contribution is 0.299. The molecule has 0 saturated carbocycles. The van der Waals surface area contributed by atoms with Crippen LogP contribution in [0.15, 0.2) is 34.4 Å². The molecule has 21 heavy (non-hydrogen) atoms. The highest BCUT2D eigenvalue weighted by molar-refractivity contribution is 5.23. The molecule has 1 nitrogen and oxygen atoms in total. The molecule has 0 saturated heterocycles. The lowest BCUT2D eigenvalue weighted by Gasteiger charge is -2.34. The molecule has 1 rings (SSSR count). The predicted molar refractivity (Wildman–Crippen MR) is 93.4 cm³/mol. The van der Waals surface area contributed by atoms with Crippen LogP contribution in [0.2, 0.25) is 0 Å². The second-order valence-corrected chi connectivity index (χ2v) is 7.31. The Kier molecular flexibility index (Phi) is 7.45. The molecule has 1 aliphatic rings. The largest absolute Gasteiger partial charge is 0.396 e. The smallest absolute Gasteiger partial charge is 0.0468 e. The molecule has 0 aromatic rings. The number of hydrogen-bond acceptors (Lipinski definition) is 1. The Hall–Kier alpha value is -0.820. The van der Waals surface area contributed by atoms with E-state index in [2.05, 4.69) is 46.8 Å². The second kappa shape index (κ2) is 8.58. The van der Waals surface area contributed by atoms with E-state index in [1.807, 2.05) is 0 Å². The predicted octanol–water partition coefficient (Wildman–Crippen LogP) is 5.96. The van der Waals surface area contributed by atoms with E-state index < -0.39 is 0 Å². The molecule has 0 heterocycles. The maximum atomic E-state index is 8.89. The van der Waals surface area contributed by atoms with Gasteiger partial charge in [0, 0.05) is 6.61 Å². The maximum Gasteiger partial charge on any atom is 0.0468 e. The standard InChI is InChI=1S/C20H34O/c1-16(8-6-9-17(2)13-15-21)11-12-19-18(3)10-7-14-20(19,4)5/h8-9,21H,6-7,10-15H2,1-5H3/b16-8+,17-9+. The number of aliphatic hydroxyl groups is 1. The Balaban J connectivity index is 2.52. The Morgan fingerprint density at radius 1 is 1.14 bits per heavy atom. The highest BCUT2D eigenvalue weighted by atomic mass is 16.2. The summed E-state index contributed by atoms with van der Waals surface area (Å²) in [6.45, 7) is 11.7. The van der Waals surface area contributed by atoms with E-state index in [-0.39, 0.29) is 6.61 Å². The van der Waals surface area contributed by atoms with Crippen molar-refractivity contribution in [2.24, 2.45) is 5.41 Å². The van der Waals surface area contributed by atoms with Crippen molar-refractivity contribution in [3.8, 4) is 0 Å². The molecule has 1 heteroatoms. The Morgan fingerprint density at radius 2 is 1.76 bits per heavy atom. The molecule has 0 fully saturated rings. The number of rotatable bonds is 7. The molecule has 0 aliphatic heterocycles. The van der Waals surface area contributed by atoms with Crippen LogP contribution in [0, 0.1) is 5.41 Å². The van der Waals surface area contributed by atoms with E-state index >= 15 is 0 Å². The van der Waals surface area contributed by atoms with Crippen molar-refractivity contribution in [1.29, 1.82) is 0 Å². The summed E-state index contributed by atoms with van der Waals surface area (Å²) in [4.78, 5) is 0. The van der Waals surface area contributed by atoms with Crippen LogP contribution in [0.3, 0.4) is 0 Å². The number of allylic oxidation sites excluding steroid dienone is 5. The van der Waals surface area contributed by atoms with E-state index in [0.717, 1.165) is 12.8 Å². The molecule has 0 amide bonds. The number of aliphatic hydroxyl groups excluding tert-OH is 1. The first kappa shape index (κ1) is 18.2. The normalized spacial score (nSPS) is 20.1. The van der Waals surface area contributed by atoms with Gasteiger partial charge in [0.1, 0.15) is 0 Å². The van der Waals surface area contributed by atoms with Gasteiger partial charge in [-0.1, -0.05) is 48.3 Å². The summed E-state index contributed by atoms with van der Waals surface area (Å²) in [7, 11) is 0. The van der Waals surface area contributed by atoms with Crippen LogP contribution in [0.5, 0.6) is 0 Å². The summed E-state index contributed by atoms with van der Waals surface area (Å²) >= 11 is 0. The van der Waals surface area contributed by atoms with Crippen molar-refractivity contribution in [3.05, 3.63) is 34.4 Å². The molecule has 0 spiro atoms. The summed E-state index contributed by atoms with van der Waals surface area (Å²) in [6, 6.07) is 0. The van der Waals surface area contributed by atoms with Crippen LogP contribution >= 0.6 is 0 Å². The van der Waals surface area contributed by atoms with Crippen LogP contribution in [-0.4, -0.2) is 11.7 Å². The van der Waals surface area contributed by atoms with Gasteiger partial charge in [0.05, 0.1) is 0 Å². The summed E-state index contributed by atoms with van der Waals surface area (Å²) in [6.07, 6.45) is 12.8. The van der Waals surface area contributed by atoms with Crippen molar-refractivity contribution in [2.45, 2.75) is 79.6 Å². The molecule has 1 aliphatic carbocycles. The van der Waals surface area contributed by atoms with Gasteiger partial charge in [0.25, 0.3) is 0 Å². The molecular formula is C20H34O. The molecule has 1 N–H and O–H groups in total.